The van der Waals surface area contributed by atoms with Gasteiger partial charge in [0, 0.05) is 0 Å². The van der Waals surface area contributed by atoms with Crippen LogP contribution < -0.4 is 10.2 Å². The van der Waals surface area contributed by atoms with E-state index in [1.807, 2.05) is 6.07 Å². The largest absolute Gasteiger partial charge is 0.433 e. The first-order valence-electron chi connectivity index (χ1n) is 10.0. The summed E-state index contributed by atoms with van der Waals surface area (Å²) in [6.45, 7) is 1.19. The molecule has 0 aliphatic heterocycles. The summed E-state index contributed by atoms with van der Waals surface area (Å²) in [6.07, 6.45) is 0.674. The summed E-state index contributed by atoms with van der Waals surface area (Å²) < 4.78 is 39.5. The quantitative estimate of drug-likeness (QED) is 0.441. The number of anilines is 2. The molecule has 11 nitrogen and oxygen atoms in total. The second-order valence-electron chi connectivity index (χ2n) is 7.29. The highest BCUT2D eigenvalue weighted by Gasteiger charge is 2.32. The number of aliphatic hydroxyl groups is 1. The average molecular weight is 483 g/mol. The van der Waals surface area contributed by atoms with Crippen LogP contribution in [0.5, 0.6) is 0 Å². The van der Waals surface area contributed by atoms with E-state index in [1.54, 1.807) is 6.92 Å². The molecule has 0 saturated heterocycles. The van der Waals surface area contributed by atoms with Gasteiger partial charge in [0.15, 0.2) is 5.82 Å². The van der Waals surface area contributed by atoms with Crippen LogP contribution in [0.4, 0.5) is 29.3 Å². The number of alkyl halides is 3. The summed E-state index contributed by atoms with van der Waals surface area (Å²) in [4.78, 5) is 27.3. The van der Waals surface area contributed by atoms with E-state index in [2.05, 4.69) is 30.5 Å². The first-order chi connectivity index (χ1) is 16.7. The van der Waals surface area contributed by atoms with Crippen molar-refractivity contribution in [1.82, 2.24) is 35.3 Å². The van der Waals surface area contributed by atoms with Gasteiger partial charge in [-0.3, -0.25) is 9.88 Å². The van der Waals surface area contributed by atoms with Crippen LogP contribution in [0.15, 0.2) is 49.1 Å². The van der Waals surface area contributed by atoms with Crippen molar-refractivity contribution in [2.45, 2.75) is 19.1 Å². The third-order valence-electron chi connectivity index (χ3n) is 4.76. The number of hydrogen-bond donors (Lipinski definition) is 2. The minimum atomic E-state index is -4.67. The van der Waals surface area contributed by atoms with E-state index in [1.165, 1.54) is 43.0 Å². The van der Waals surface area contributed by atoms with Crippen molar-refractivity contribution < 1.29 is 23.1 Å². The molecule has 0 aliphatic rings. The molecule has 14 heteroatoms. The fourth-order valence-electron chi connectivity index (χ4n) is 3.12. The second kappa shape index (κ2) is 9.31. The number of halogens is 3. The Morgan fingerprint density at radius 1 is 1.17 bits per heavy atom. The molecule has 0 radical (unpaired) electrons. The molecule has 1 unspecified atom stereocenters. The smallest absolute Gasteiger partial charge is 0.394 e. The highest BCUT2D eigenvalue weighted by atomic mass is 19.4. The number of nitriles is 1. The van der Waals surface area contributed by atoms with Crippen molar-refractivity contribution in [2.75, 3.05) is 11.5 Å². The molecule has 1 atom stereocenters. The van der Waals surface area contributed by atoms with Gasteiger partial charge in [0.05, 0.1) is 59.8 Å². The summed E-state index contributed by atoms with van der Waals surface area (Å²) in [5, 5.41) is 29.4. The maximum Gasteiger partial charge on any atom is 0.433 e. The zero-order valence-corrected chi connectivity index (χ0v) is 18.0. The Bertz CT molecular complexity index is 1420. The molecule has 2 N–H and O–H groups in total. The second-order valence-corrected chi connectivity index (χ2v) is 7.29. The number of fused-ring (bicyclic) bond motifs is 1. The molecule has 0 spiro atoms. The molecule has 4 rings (SSSR count). The Balaban J connectivity index is 1.84. The van der Waals surface area contributed by atoms with Gasteiger partial charge in [-0.05, 0) is 31.2 Å². The van der Waals surface area contributed by atoms with Crippen LogP contribution >= 0.6 is 0 Å². The van der Waals surface area contributed by atoms with Gasteiger partial charge in [-0.2, -0.15) is 28.6 Å². The van der Waals surface area contributed by atoms with Gasteiger partial charge in [-0.15, -0.1) is 4.80 Å². The van der Waals surface area contributed by atoms with E-state index >= 15 is 0 Å². The minimum Gasteiger partial charge on any atom is -0.394 e. The third-order valence-corrected chi connectivity index (χ3v) is 4.76. The average Bonchev–Trinajstić information content (AvgIpc) is 3.37. The fraction of sp³-hybridized carbons (Fsp3) is 0.190. The predicted octanol–water partition coefficient (Wildman–Crippen LogP) is 2.72. The SMILES string of the molecule is CC(CO)NC(=O)N(c1cnc(-n2nccn2)c(C#N)c1)c1cnc2ccc(C(F)(F)F)nc2c1. The maximum atomic E-state index is 13.2. The van der Waals surface area contributed by atoms with Crippen LogP contribution in [-0.2, 0) is 6.18 Å². The standard InChI is InChI=1S/C21H16F3N9O2/c1-12(11-34)30-20(35)32(14-6-13(8-25)19(27-10-14)33-28-4-5-29-33)15-7-17-16(26-9-15)2-3-18(31-17)21(22,23)24/h2-7,9-10,12,34H,11H2,1H3,(H,30,35). The number of rotatable bonds is 5. The van der Waals surface area contributed by atoms with E-state index < -0.39 is 23.9 Å². The number of pyridine rings is 3. The summed E-state index contributed by atoms with van der Waals surface area (Å²) in [6, 6.07) is 5.16. The lowest BCUT2D eigenvalue weighted by molar-refractivity contribution is -0.140. The van der Waals surface area contributed by atoms with Crippen molar-refractivity contribution in [1.29, 1.82) is 5.26 Å². The molecule has 0 bridgehead atoms. The van der Waals surface area contributed by atoms with Crippen LogP contribution in [-0.4, -0.2) is 53.7 Å². The number of amides is 2. The summed E-state index contributed by atoms with van der Waals surface area (Å²) in [7, 11) is 0. The number of urea groups is 1. The van der Waals surface area contributed by atoms with Crippen molar-refractivity contribution in [3.8, 4) is 11.9 Å². The zero-order chi connectivity index (χ0) is 25.2. The van der Waals surface area contributed by atoms with E-state index in [9.17, 15) is 28.3 Å². The summed E-state index contributed by atoms with van der Waals surface area (Å²) in [5.74, 6) is 0.110. The number of nitrogens with zero attached hydrogens (tertiary/aromatic N) is 8. The number of hydrogen-bond acceptors (Lipinski definition) is 8. The first kappa shape index (κ1) is 23.5. The summed E-state index contributed by atoms with van der Waals surface area (Å²) >= 11 is 0. The van der Waals surface area contributed by atoms with E-state index in [-0.39, 0.29) is 40.4 Å². The molecule has 0 saturated carbocycles. The van der Waals surface area contributed by atoms with Crippen LogP contribution in [0.25, 0.3) is 16.9 Å². The lowest BCUT2D eigenvalue weighted by atomic mass is 10.2. The molecular formula is C21H16F3N9O2. The molecule has 0 aliphatic carbocycles. The molecule has 35 heavy (non-hydrogen) atoms. The molecule has 178 valence electrons. The molecule has 4 heterocycles. The number of nitrogens with one attached hydrogen (secondary N) is 1. The van der Waals surface area contributed by atoms with Gasteiger partial charge in [0.25, 0.3) is 0 Å². The lowest BCUT2D eigenvalue weighted by Gasteiger charge is -2.25. The van der Waals surface area contributed by atoms with Gasteiger partial charge < -0.3 is 10.4 Å². The molecule has 0 aromatic carbocycles. The number of aromatic nitrogens is 6. The van der Waals surface area contributed by atoms with Crippen LogP contribution in [0.1, 0.15) is 18.2 Å². The Morgan fingerprint density at radius 2 is 1.86 bits per heavy atom. The topological polar surface area (TPSA) is 146 Å². The Kier molecular flexibility index (Phi) is 6.26. The third kappa shape index (κ3) is 4.84. The molecule has 4 aromatic heterocycles. The van der Waals surface area contributed by atoms with Gasteiger partial charge >= 0.3 is 12.2 Å². The van der Waals surface area contributed by atoms with Gasteiger partial charge in [0.2, 0.25) is 0 Å². The number of aliphatic hydroxyl groups excluding tert-OH is 1. The van der Waals surface area contributed by atoms with E-state index in [4.69, 9.17) is 0 Å². The highest BCUT2D eigenvalue weighted by molar-refractivity contribution is 6.00. The first-order valence-corrected chi connectivity index (χ1v) is 10.0. The summed E-state index contributed by atoms with van der Waals surface area (Å²) in [5.41, 5.74) is -0.843. The Hall–Kier alpha value is -4.64. The highest BCUT2D eigenvalue weighted by Crippen LogP contribution is 2.31. The van der Waals surface area contributed by atoms with Crippen LogP contribution in [0.2, 0.25) is 0 Å². The van der Waals surface area contributed by atoms with Crippen LogP contribution in [0.3, 0.4) is 0 Å². The molecule has 2 amide bonds. The van der Waals surface area contributed by atoms with Crippen molar-refractivity contribution in [2.24, 2.45) is 0 Å². The van der Waals surface area contributed by atoms with Crippen molar-refractivity contribution in [3.05, 3.63) is 60.3 Å². The number of carbonyl (C=O) groups is 1. The van der Waals surface area contributed by atoms with Crippen LogP contribution in [0, 0.1) is 11.3 Å². The van der Waals surface area contributed by atoms with Crippen molar-refractivity contribution >= 4 is 28.4 Å². The van der Waals surface area contributed by atoms with Crippen molar-refractivity contribution in [3.63, 3.8) is 0 Å². The number of carbonyl (C=O) groups excluding carboxylic acids is 1. The fourth-order valence-corrected chi connectivity index (χ4v) is 3.12. The van der Waals surface area contributed by atoms with Gasteiger partial charge in [-0.25, -0.2) is 14.8 Å². The molecule has 0 fully saturated rings. The van der Waals surface area contributed by atoms with Gasteiger partial charge in [-0.1, -0.05) is 0 Å². The molecular weight excluding hydrogens is 467 g/mol. The Labute approximate surface area is 195 Å². The van der Waals surface area contributed by atoms with E-state index in [0.717, 1.165) is 15.8 Å². The zero-order valence-electron chi connectivity index (χ0n) is 18.0. The maximum absolute atomic E-state index is 13.2. The molecule has 4 aromatic rings. The predicted molar refractivity (Wildman–Crippen MR) is 116 cm³/mol. The van der Waals surface area contributed by atoms with E-state index in [0.29, 0.717) is 0 Å². The lowest BCUT2D eigenvalue weighted by Crippen LogP contribution is -2.43. The normalized spacial score (nSPS) is 12.2. The Morgan fingerprint density at radius 3 is 2.51 bits per heavy atom. The minimum absolute atomic E-state index is 0.0259. The van der Waals surface area contributed by atoms with Gasteiger partial charge in [0.1, 0.15) is 17.3 Å². The monoisotopic (exact) mass is 483 g/mol.